The minimum absolute atomic E-state index is 0.108. The molecule has 19 heavy (non-hydrogen) atoms. The summed E-state index contributed by atoms with van der Waals surface area (Å²) < 4.78 is 10.5. The molecule has 0 spiro atoms. The van der Waals surface area contributed by atoms with Crippen LogP contribution in [0.15, 0.2) is 18.2 Å². The Morgan fingerprint density at radius 1 is 1.32 bits per heavy atom. The van der Waals surface area contributed by atoms with Gasteiger partial charge in [-0.25, -0.2) is 0 Å². The summed E-state index contributed by atoms with van der Waals surface area (Å²) in [6.07, 6.45) is 2.03. The second-order valence-electron chi connectivity index (χ2n) is 4.57. The summed E-state index contributed by atoms with van der Waals surface area (Å²) in [5.74, 6) is 0.933. The molecule has 4 heteroatoms. The van der Waals surface area contributed by atoms with Gasteiger partial charge in [0.15, 0.2) is 0 Å². The van der Waals surface area contributed by atoms with Crippen LogP contribution in [0.4, 0.5) is 0 Å². The summed E-state index contributed by atoms with van der Waals surface area (Å²) >= 11 is 0. The molecule has 0 radical (unpaired) electrons. The van der Waals surface area contributed by atoms with Crippen molar-refractivity contribution in [3.05, 3.63) is 23.8 Å². The van der Waals surface area contributed by atoms with Crippen molar-refractivity contribution in [1.29, 1.82) is 0 Å². The smallest absolute Gasteiger partial charge is 0.124 e. The van der Waals surface area contributed by atoms with Crippen molar-refractivity contribution in [1.82, 2.24) is 5.32 Å². The average molecular weight is 267 g/mol. The second kappa shape index (κ2) is 8.77. The number of hydrogen-bond donors (Lipinski definition) is 2. The number of benzene rings is 1. The van der Waals surface area contributed by atoms with E-state index in [1.807, 2.05) is 19.1 Å². The van der Waals surface area contributed by atoms with Crippen molar-refractivity contribution in [2.24, 2.45) is 0 Å². The van der Waals surface area contributed by atoms with Crippen LogP contribution in [0.2, 0.25) is 0 Å². The van der Waals surface area contributed by atoms with Gasteiger partial charge in [0, 0.05) is 30.9 Å². The molecule has 0 aliphatic carbocycles. The quantitative estimate of drug-likeness (QED) is 0.675. The normalized spacial score (nSPS) is 12.4. The molecule has 0 aromatic heterocycles. The van der Waals surface area contributed by atoms with Gasteiger partial charge in [-0.05, 0) is 32.4 Å². The molecule has 1 aromatic carbocycles. The van der Waals surface area contributed by atoms with Crippen molar-refractivity contribution in [2.75, 3.05) is 26.9 Å². The van der Waals surface area contributed by atoms with Gasteiger partial charge in [-0.15, -0.1) is 0 Å². The summed E-state index contributed by atoms with van der Waals surface area (Å²) in [6.45, 7) is 6.62. The molecule has 0 aliphatic heterocycles. The van der Waals surface area contributed by atoms with Gasteiger partial charge in [-0.3, -0.25) is 0 Å². The number of ether oxygens (including phenoxy) is 2. The van der Waals surface area contributed by atoms with E-state index in [0.717, 1.165) is 38.2 Å². The number of phenols is 1. The van der Waals surface area contributed by atoms with Crippen LogP contribution in [-0.2, 0) is 4.74 Å². The Bertz CT molecular complexity index is 368. The molecule has 0 aliphatic rings. The van der Waals surface area contributed by atoms with E-state index in [9.17, 15) is 5.11 Å². The van der Waals surface area contributed by atoms with E-state index in [1.54, 1.807) is 13.2 Å². The fraction of sp³-hybridized carbons (Fsp3) is 0.600. The molecule has 1 unspecified atom stereocenters. The number of methoxy groups -OCH3 is 1. The van der Waals surface area contributed by atoms with Crippen LogP contribution in [0.3, 0.4) is 0 Å². The summed E-state index contributed by atoms with van der Waals surface area (Å²) in [5.41, 5.74) is 0.885. The van der Waals surface area contributed by atoms with E-state index >= 15 is 0 Å². The minimum atomic E-state index is 0.108. The third kappa shape index (κ3) is 5.49. The van der Waals surface area contributed by atoms with Crippen LogP contribution in [0.25, 0.3) is 0 Å². The minimum Gasteiger partial charge on any atom is -0.507 e. The van der Waals surface area contributed by atoms with Gasteiger partial charge in [0.1, 0.15) is 11.5 Å². The number of hydrogen-bond acceptors (Lipinski definition) is 4. The molecule has 1 aromatic rings. The van der Waals surface area contributed by atoms with Crippen molar-refractivity contribution in [3.8, 4) is 11.5 Å². The molecule has 0 amide bonds. The fourth-order valence-electron chi connectivity index (χ4n) is 1.87. The molecule has 1 rings (SSSR count). The van der Waals surface area contributed by atoms with Crippen molar-refractivity contribution < 1.29 is 14.6 Å². The molecule has 0 saturated heterocycles. The third-order valence-corrected chi connectivity index (χ3v) is 2.97. The maximum atomic E-state index is 9.92. The molecule has 4 nitrogen and oxygen atoms in total. The van der Waals surface area contributed by atoms with E-state index < -0.39 is 0 Å². The van der Waals surface area contributed by atoms with Crippen LogP contribution in [0.5, 0.6) is 11.5 Å². The molecule has 0 fully saturated rings. The SMILES string of the molecule is CCCOCCCNC(C)c1ccc(OC)cc1O. The maximum absolute atomic E-state index is 9.92. The lowest BCUT2D eigenvalue weighted by atomic mass is 10.1. The van der Waals surface area contributed by atoms with Crippen LogP contribution < -0.4 is 10.1 Å². The molecular formula is C15H25NO3. The average Bonchev–Trinajstić information content (AvgIpc) is 2.42. The highest BCUT2D eigenvalue weighted by Crippen LogP contribution is 2.28. The monoisotopic (exact) mass is 267 g/mol. The van der Waals surface area contributed by atoms with E-state index in [0.29, 0.717) is 5.75 Å². The number of aromatic hydroxyl groups is 1. The summed E-state index contributed by atoms with van der Waals surface area (Å²) in [7, 11) is 1.59. The van der Waals surface area contributed by atoms with Crippen molar-refractivity contribution in [3.63, 3.8) is 0 Å². The van der Waals surface area contributed by atoms with E-state index in [2.05, 4.69) is 12.2 Å². The zero-order valence-corrected chi connectivity index (χ0v) is 12.1. The molecule has 2 N–H and O–H groups in total. The van der Waals surface area contributed by atoms with Crippen LogP contribution in [0, 0.1) is 0 Å². The Morgan fingerprint density at radius 2 is 2.11 bits per heavy atom. The first-order chi connectivity index (χ1) is 9.19. The van der Waals surface area contributed by atoms with Gasteiger partial charge in [-0.2, -0.15) is 0 Å². The zero-order valence-electron chi connectivity index (χ0n) is 12.1. The Labute approximate surface area is 115 Å². The lowest BCUT2D eigenvalue weighted by molar-refractivity contribution is 0.132. The Morgan fingerprint density at radius 3 is 2.74 bits per heavy atom. The summed E-state index contributed by atoms with van der Waals surface area (Å²) in [6, 6.07) is 5.49. The highest BCUT2D eigenvalue weighted by molar-refractivity contribution is 5.41. The second-order valence-corrected chi connectivity index (χ2v) is 4.57. The van der Waals surface area contributed by atoms with E-state index in [4.69, 9.17) is 9.47 Å². The first-order valence-electron chi connectivity index (χ1n) is 6.87. The molecule has 108 valence electrons. The van der Waals surface area contributed by atoms with Crippen LogP contribution in [0.1, 0.15) is 38.3 Å². The highest BCUT2D eigenvalue weighted by atomic mass is 16.5. The number of nitrogens with one attached hydrogen (secondary N) is 1. The first-order valence-corrected chi connectivity index (χ1v) is 6.87. The van der Waals surface area contributed by atoms with Gasteiger partial charge in [-0.1, -0.05) is 13.0 Å². The van der Waals surface area contributed by atoms with Crippen molar-refractivity contribution >= 4 is 0 Å². The summed E-state index contributed by atoms with van der Waals surface area (Å²) in [4.78, 5) is 0. The predicted octanol–water partition coefficient (Wildman–Crippen LogP) is 2.87. The maximum Gasteiger partial charge on any atom is 0.124 e. The van der Waals surface area contributed by atoms with Gasteiger partial charge in [0.25, 0.3) is 0 Å². The molecule has 1 atom stereocenters. The van der Waals surface area contributed by atoms with Gasteiger partial charge in [0.05, 0.1) is 7.11 Å². The third-order valence-electron chi connectivity index (χ3n) is 2.97. The Kier molecular flexibility index (Phi) is 7.30. The molecular weight excluding hydrogens is 242 g/mol. The molecule has 0 bridgehead atoms. The fourth-order valence-corrected chi connectivity index (χ4v) is 1.87. The predicted molar refractivity (Wildman–Crippen MR) is 76.8 cm³/mol. The van der Waals surface area contributed by atoms with E-state index in [-0.39, 0.29) is 11.8 Å². The van der Waals surface area contributed by atoms with Gasteiger partial charge >= 0.3 is 0 Å². The van der Waals surface area contributed by atoms with Crippen LogP contribution >= 0.6 is 0 Å². The zero-order chi connectivity index (χ0) is 14.1. The molecule has 0 saturated carbocycles. The van der Waals surface area contributed by atoms with Gasteiger partial charge in [0.2, 0.25) is 0 Å². The van der Waals surface area contributed by atoms with Crippen molar-refractivity contribution in [2.45, 2.75) is 32.7 Å². The Hall–Kier alpha value is -1.26. The van der Waals surface area contributed by atoms with Gasteiger partial charge < -0.3 is 19.9 Å². The first kappa shape index (κ1) is 15.8. The van der Waals surface area contributed by atoms with E-state index in [1.165, 1.54) is 0 Å². The number of rotatable bonds is 9. The highest BCUT2D eigenvalue weighted by Gasteiger charge is 2.10. The Balaban J connectivity index is 2.34. The van der Waals surface area contributed by atoms with Crippen LogP contribution in [-0.4, -0.2) is 32.0 Å². The topological polar surface area (TPSA) is 50.7 Å². The lowest BCUT2D eigenvalue weighted by Gasteiger charge is -2.16. The molecule has 0 heterocycles. The number of phenolic OH excluding ortho intramolecular Hbond substituents is 1. The standard InChI is InChI=1S/C15H25NO3/c1-4-9-19-10-5-8-16-12(2)14-7-6-13(18-3)11-15(14)17/h6-7,11-12,16-17H,4-5,8-10H2,1-3H3. The lowest BCUT2D eigenvalue weighted by Crippen LogP contribution is -2.21. The largest absolute Gasteiger partial charge is 0.507 e. The summed E-state index contributed by atoms with van der Waals surface area (Å²) in [5, 5.41) is 13.3.